The smallest absolute Gasteiger partial charge is 0.191 e. The van der Waals surface area contributed by atoms with Crippen LogP contribution in [0.3, 0.4) is 0 Å². The van der Waals surface area contributed by atoms with Crippen LogP contribution >= 0.6 is 0 Å². The molecule has 3 rings (SSSR count). The molecule has 2 aliphatic heterocycles. The zero-order valence-electron chi connectivity index (χ0n) is 18.6. The number of hydrogen-bond donors (Lipinski definition) is 2. The van der Waals surface area contributed by atoms with E-state index >= 15 is 0 Å². The highest BCUT2D eigenvalue weighted by molar-refractivity contribution is 5.79. The second-order valence-electron chi connectivity index (χ2n) is 8.00. The van der Waals surface area contributed by atoms with Gasteiger partial charge in [0.25, 0.3) is 0 Å². The normalized spacial score (nSPS) is 20.3. The van der Waals surface area contributed by atoms with Crippen molar-refractivity contribution in [1.82, 2.24) is 15.5 Å². The zero-order chi connectivity index (χ0) is 21.0. The Morgan fingerprint density at radius 3 is 2.80 bits per heavy atom. The van der Waals surface area contributed by atoms with Crippen LogP contribution in [0.5, 0.6) is 5.75 Å². The molecule has 2 N–H and O–H groups in total. The topological polar surface area (TPSA) is 67.4 Å². The van der Waals surface area contributed by atoms with Gasteiger partial charge in [0, 0.05) is 38.2 Å². The van der Waals surface area contributed by atoms with Crippen LogP contribution in [-0.4, -0.2) is 76.1 Å². The molecule has 0 bridgehead atoms. The maximum Gasteiger partial charge on any atom is 0.191 e. The van der Waals surface area contributed by atoms with Crippen LogP contribution in [0, 0.1) is 6.92 Å². The van der Waals surface area contributed by atoms with Gasteiger partial charge in [0.1, 0.15) is 11.9 Å². The van der Waals surface area contributed by atoms with Gasteiger partial charge in [0.2, 0.25) is 0 Å². The van der Waals surface area contributed by atoms with Crippen molar-refractivity contribution in [3.63, 3.8) is 0 Å². The molecule has 2 fully saturated rings. The lowest BCUT2D eigenvalue weighted by atomic mass is 10.1. The largest absolute Gasteiger partial charge is 0.488 e. The number of nitrogens with zero attached hydrogens (tertiary/aromatic N) is 2. The first-order chi connectivity index (χ1) is 14.7. The van der Waals surface area contributed by atoms with Crippen molar-refractivity contribution < 1.29 is 14.2 Å². The lowest BCUT2D eigenvalue weighted by molar-refractivity contribution is 0.0372. The van der Waals surface area contributed by atoms with Gasteiger partial charge in [-0.3, -0.25) is 4.90 Å². The van der Waals surface area contributed by atoms with Crippen molar-refractivity contribution in [1.29, 1.82) is 0 Å². The van der Waals surface area contributed by atoms with E-state index in [0.717, 1.165) is 82.7 Å². The standard InChI is InChI=1S/C23H38N4O3/c1-3-24-23(25-9-4-5-10-27-11-14-28-15-12-27)26-17-20-7-6-19(2)16-22(20)30-21-8-13-29-18-21/h6-7,16,21H,3-5,8-15,17-18H2,1-2H3,(H2,24,25,26). The number of aryl methyl sites for hydroxylation is 1. The Balaban J connectivity index is 1.47. The molecule has 0 aromatic heterocycles. The second-order valence-corrected chi connectivity index (χ2v) is 8.00. The summed E-state index contributed by atoms with van der Waals surface area (Å²) in [4.78, 5) is 7.28. The van der Waals surface area contributed by atoms with Crippen molar-refractivity contribution in [2.45, 2.75) is 45.8 Å². The number of benzene rings is 1. The van der Waals surface area contributed by atoms with Gasteiger partial charge in [-0.1, -0.05) is 12.1 Å². The van der Waals surface area contributed by atoms with Gasteiger partial charge in [-0.2, -0.15) is 0 Å². The van der Waals surface area contributed by atoms with E-state index in [1.165, 1.54) is 12.0 Å². The highest BCUT2D eigenvalue weighted by Crippen LogP contribution is 2.24. The van der Waals surface area contributed by atoms with E-state index < -0.39 is 0 Å². The summed E-state index contributed by atoms with van der Waals surface area (Å²) in [6.07, 6.45) is 3.41. The number of unbranched alkanes of at least 4 members (excludes halogenated alkanes) is 1. The Hall–Kier alpha value is -1.83. The Morgan fingerprint density at radius 2 is 2.03 bits per heavy atom. The maximum atomic E-state index is 6.20. The van der Waals surface area contributed by atoms with Gasteiger partial charge in [0.05, 0.1) is 33.0 Å². The fraction of sp³-hybridized carbons (Fsp3) is 0.696. The summed E-state index contributed by atoms with van der Waals surface area (Å²) in [6, 6.07) is 6.35. The molecule has 2 heterocycles. The minimum Gasteiger partial charge on any atom is -0.488 e. The summed E-state index contributed by atoms with van der Waals surface area (Å²) in [6.45, 7) is 13.0. The van der Waals surface area contributed by atoms with Crippen LogP contribution in [0.2, 0.25) is 0 Å². The molecule has 0 amide bonds. The Kier molecular flexibility index (Phi) is 9.73. The quantitative estimate of drug-likeness (QED) is 0.345. The van der Waals surface area contributed by atoms with E-state index in [0.29, 0.717) is 13.2 Å². The van der Waals surface area contributed by atoms with E-state index in [-0.39, 0.29) is 6.10 Å². The summed E-state index contributed by atoms with van der Waals surface area (Å²) < 4.78 is 17.1. The van der Waals surface area contributed by atoms with Crippen molar-refractivity contribution in [2.75, 3.05) is 59.2 Å². The molecule has 7 nitrogen and oxygen atoms in total. The molecular weight excluding hydrogens is 380 g/mol. The predicted octanol–water partition coefficient (Wildman–Crippen LogP) is 2.33. The van der Waals surface area contributed by atoms with Gasteiger partial charge >= 0.3 is 0 Å². The van der Waals surface area contributed by atoms with E-state index in [4.69, 9.17) is 19.2 Å². The Morgan fingerprint density at radius 1 is 1.17 bits per heavy atom. The average Bonchev–Trinajstić information content (AvgIpc) is 3.26. The molecular formula is C23H38N4O3. The number of rotatable bonds is 10. The SMILES string of the molecule is CCNC(=NCc1ccc(C)cc1OC1CCOC1)NCCCCN1CCOCC1. The molecule has 1 atom stereocenters. The van der Waals surface area contributed by atoms with Crippen LogP contribution in [-0.2, 0) is 16.0 Å². The van der Waals surface area contributed by atoms with Gasteiger partial charge in [-0.25, -0.2) is 4.99 Å². The number of hydrogen-bond acceptors (Lipinski definition) is 5. The van der Waals surface area contributed by atoms with Gasteiger partial charge in [-0.15, -0.1) is 0 Å². The molecule has 168 valence electrons. The summed E-state index contributed by atoms with van der Waals surface area (Å²) in [7, 11) is 0. The van der Waals surface area contributed by atoms with Crippen molar-refractivity contribution >= 4 is 5.96 Å². The number of morpholine rings is 1. The minimum atomic E-state index is 0.146. The van der Waals surface area contributed by atoms with Crippen LogP contribution in [0.4, 0.5) is 0 Å². The Labute approximate surface area is 181 Å². The average molecular weight is 419 g/mol. The van der Waals surface area contributed by atoms with E-state index in [9.17, 15) is 0 Å². The van der Waals surface area contributed by atoms with Crippen LogP contribution in [0.15, 0.2) is 23.2 Å². The highest BCUT2D eigenvalue weighted by Gasteiger charge is 2.18. The molecule has 30 heavy (non-hydrogen) atoms. The number of aliphatic imine (C=N–C) groups is 1. The third-order valence-electron chi connectivity index (χ3n) is 5.45. The summed E-state index contributed by atoms with van der Waals surface area (Å²) in [5.74, 6) is 1.79. The number of ether oxygens (including phenoxy) is 3. The van der Waals surface area contributed by atoms with E-state index in [2.05, 4.69) is 47.6 Å². The fourth-order valence-corrected chi connectivity index (χ4v) is 3.69. The first-order valence-corrected chi connectivity index (χ1v) is 11.4. The fourth-order valence-electron chi connectivity index (χ4n) is 3.69. The third kappa shape index (κ3) is 7.78. The molecule has 0 aliphatic carbocycles. The molecule has 1 unspecified atom stereocenters. The maximum absolute atomic E-state index is 6.20. The van der Waals surface area contributed by atoms with Gasteiger partial charge in [-0.05, 0) is 44.9 Å². The molecule has 1 aromatic rings. The van der Waals surface area contributed by atoms with Crippen molar-refractivity contribution in [3.8, 4) is 5.75 Å². The molecule has 1 aromatic carbocycles. The summed E-state index contributed by atoms with van der Waals surface area (Å²) in [5.41, 5.74) is 2.30. The zero-order valence-corrected chi connectivity index (χ0v) is 18.6. The van der Waals surface area contributed by atoms with E-state index in [1.807, 2.05) is 0 Å². The third-order valence-corrected chi connectivity index (χ3v) is 5.45. The lowest BCUT2D eigenvalue weighted by Gasteiger charge is -2.26. The number of nitrogens with one attached hydrogen (secondary N) is 2. The van der Waals surface area contributed by atoms with Crippen molar-refractivity contribution in [3.05, 3.63) is 29.3 Å². The minimum absolute atomic E-state index is 0.146. The first-order valence-electron chi connectivity index (χ1n) is 11.4. The monoisotopic (exact) mass is 418 g/mol. The molecule has 0 radical (unpaired) electrons. The van der Waals surface area contributed by atoms with Gasteiger partial charge in [0.15, 0.2) is 5.96 Å². The Bertz CT molecular complexity index is 656. The van der Waals surface area contributed by atoms with Crippen LogP contribution < -0.4 is 15.4 Å². The lowest BCUT2D eigenvalue weighted by Crippen LogP contribution is -2.39. The second kappa shape index (κ2) is 12.8. The highest BCUT2D eigenvalue weighted by atomic mass is 16.5. The number of guanidine groups is 1. The molecule has 0 spiro atoms. The molecule has 7 heteroatoms. The molecule has 2 saturated heterocycles. The summed E-state index contributed by atoms with van der Waals surface area (Å²) in [5, 5.41) is 6.82. The summed E-state index contributed by atoms with van der Waals surface area (Å²) >= 11 is 0. The van der Waals surface area contributed by atoms with Gasteiger partial charge < -0.3 is 24.8 Å². The first kappa shape index (κ1) is 22.8. The predicted molar refractivity (Wildman–Crippen MR) is 120 cm³/mol. The van der Waals surface area contributed by atoms with E-state index in [1.54, 1.807) is 0 Å². The van der Waals surface area contributed by atoms with Crippen molar-refractivity contribution in [2.24, 2.45) is 4.99 Å². The van der Waals surface area contributed by atoms with Crippen LogP contribution in [0.1, 0.15) is 37.3 Å². The molecule has 2 aliphatic rings. The van der Waals surface area contributed by atoms with Crippen LogP contribution in [0.25, 0.3) is 0 Å². The molecule has 0 saturated carbocycles.